The van der Waals surface area contributed by atoms with Crippen LogP contribution in [0.4, 0.5) is 5.82 Å². The van der Waals surface area contributed by atoms with E-state index in [1.54, 1.807) is 6.20 Å². The summed E-state index contributed by atoms with van der Waals surface area (Å²) < 4.78 is 13.4. The molecule has 0 bridgehead atoms. The van der Waals surface area contributed by atoms with E-state index < -0.39 is 5.60 Å². The average Bonchev–Trinajstić information content (AvgIpc) is 3.36. The molecule has 1 saturated heterocycles. The van der Waals surface area contributed by atoms with Crippen molar-refractivity contribution in [1.82, 2.24) is 14.8 Å². The molecule has 3 N–H and O–H groups in total. The largest absolute Gasteiger partial charge is 0.485 e. The Balaban J connectivity index is 1.28. The number of nitrogens with zero attached hydrogens (tertiary/aromatic N) is 3. The van der Waals surface area contributed by atoms with Gasteiger partial charge in [0.1, 0.15) is 12.2 Å². The summed E-state index contributed by atoms with van der Waals surface area (Å²) in [6.45, 7) is 1.89. The van der Waals surface area contributed by atoms with Crippen LogP contribution in [0, 0.1) is 11.8 Å². The maximum atomic E-state index is 9.91. The Hall–Kier alpha value is -3.34. The summed E-state index contributed by atoms with van der Waals surface area (Å²) >= 11 is 0. The highest BCUT2D eigenvalue weighted by Crippen LogP contribution is 2.34. The van der Waals surface area contributed by atoms with Crippen LogP contribution >= 0.6 is 0 Å². The molecule has 3 heterocycles. The molecular formula is C25H26N4O3. The highest BCUT2D eigenvalue weighted by atomic mass is 16.5. The maximum Gasteiger partial charge on any atom is 0.166 e. The highest BCUT2D eigenvalue weighted by molar-refractivity contribution is 5.65. The fourth-order valence-corrected chi connectivity index (χ4v) is 3.70. The van der Waals surface area contributed by atoms with Crippen molar-refractivity contribution in [2.75, 3.05) is 18.9 Å². The zero-order valence-electron chi connectivity index (χ0n) is 17.8. The Bertz CT molecular complexity index is 1170. The van der Waals surface area contributed by atoms with Gasteiger partial charge >= 0.3 is 0 Å². The average molecular weight is 431 g/mol. The van der Waals surface area contributed by atoms with Gasteiger partial charge in [-0.25, -0.2) is 4.98 Å². The number of rotatable bonds is 5. The van der Waals surface area contributed by atoms with Crippen molar-refractivity contribution >= 4 is 5.82 Å². The molecule has 0 radical (unpaired) electrons. The molecule has 0 spiro atoms. The normalized spacial score (nSPS) is 17.4. The lowest BCUT2D eigenvalue weighted by atomic mass is 10.1. The molecule has 1 aliphatic carbocycles. The van der Waals surface area contributed by atoms with Gasteiger partial charge in [-0.15, -0.1) is 0 Å². The van der Waals surface area contributed by atoms with E-state index in [2.05, 4.69) is 21.9 Å². The molecule has 2 aliphatic rings. The van der Waals surface area contributed by atoms with Crippen molar-refractivity contribution < 1.29 is 14.6 Å². The van der Waals surface area contributed by atoms with Gasteiger partial charge in [-0.2, -0.15) is 5.10 Å². The monoisotopic (exact) mass is 430 g/mol. The van der Waals surface area contributed by atoms with E-state index >= 15 is 0 Å². The number of anilines is 1. The van der Waals surface area contributed by atoms with E-state index in [1.807, 2.05) is 47.4 Å². The molecule has 1 aliphatic heterocycles. The zero-order valence-corrected chi connectivity index (χ0v) is 17.8. The molecule has 0 amide bonds. The number of hydrogen-bond donors (Lipinski definition) is 2. The van der Waals surface area contributed by atoms with E-state index in [9.17, 15) is 5.11 Å². The third kappa shape index (κ3) is 4.77. The lowest BCUT2D eigenvalue weighted by molar-refractivity contribution is 0.0662. The van der Waals surface area contributed by atoms with Gasteiger partial charge in [0.05, 0.1) is 12.2 Å². The van der Waals surface area contributed by atoms with E-state index in [4.69, 9.17) is 15.2 Å². The summed E-state index contributed by atoms with van der Waals surface area (Å²) in [5, 5.41) is 14.4. The molecular weight excluding hydrogens is 404 g/mol. The number of benzene rings is 1. The Morgan fingerprint density at radius 3 is 2.84 bits per heavy atom. The Morgan fingerprint density at radius 1 is 1.19 bits per heavy atom. The summed E-state index contributed by atoms with van der Waals surface area (Å²) in [5.74, 6) is 6.86. The van der Waals surface area contributed by atoms with Crippen molar-refractivity contribution in [2.24, 2.45) is 0 Å². The Morgan fingerprint density at radius 2 is 2.03 bits per heavy atom. The highest BCUT2D eigenvalue weighted by Gasteiger charge is 2.38. The second kappa shape index (κ2) is 8.65. The van der Waals surface area contributed by atoms with Crippen LogP contribution in [0.5, 0.6) is 5.75 Å². The number of aliphatic hydroxyl groups is 1. The predicted molar refractivity (Wildman–Crippen MR) is 121 cm³/mol. The smallest absolute Gasteiger partial charge is 0.166 e. The predicted octanol–water partition coefficient (Wildman–Crippen LogP) is 3.33. The standard InChI is InChI=1S/C25H26N4O3/c26-24-23(32-17-19-3-1-2-18(12-19)4-7-25(30)8-9-25)13-20(14-27-24)21-15-28-29(16-21)22-5-10-31-11-6-22/h1-3,12-16,22,30H,5-6,8-11,17H2,(H2,26,27). The van der Waals surface area contributed by atoms with Crippen LogP contribution in [0.2, 0.25) is 0 Å². The van der Waals surface area contributed by atoms with Crippen LogP contribution in [0.15, 0.2) is 48.9 Å². The van der Waals surface area contributed by atoms with Crippen LogP contribution in [-0.4, -0.2) is 38.7 Å². The molecule has 32 heavy (non-hydrogen) atoms. The van der Waals surface area contributed by atoms with Crippen molar-refractivity contribution in [2.45, 2.75) is 43.9 Å². The first kappa shape index (κ1) is 20.6. The van der Waals surface area contributed by atoms with Gasteiger partial charge in [0.2, 0.25) is 0 Å². The molecule has 164 valence electrons. The van der Waals surface area contributed by atoms with Crippen LogP contribution in [0.3, 0.4) is 0 Å². The molecule has 5 rings (SSSR count). The van der Waals surface area contributed by atoms with E-state index in [0.29, 0.717) is 24.2 Å². The first-order chi connectivity index (χ1) is 15.6. The molecule has 3 aromatic rings. The van der Waals surface area contributed by atoms with Crippen molar-refractivity contribution in [3.05, 3.63) is 60.0 Å². The van der Waals surface area contributed by atoms with Gasteiger partial charge in [-0.3, -0.25) is 4.68 Å². The topological polar surface area (TPSA) is 95.4 Å². The number of nitrogen functional groups attached to an aromatic ring is 1. The summed E-state index contributed by atoms with van der Waals surface area (Å²) in [5.41, 5.74) is 8.99. The van der Waals surface area contributed by atoms with Crippen LogP contribution < -0.4 is 10.5 Å². The number of pyridine rings is 1. The Labute approximate surface area is 187 Å². The maximum absolute atomic E-state index is 9.91. The minimum atomic E-state index is -0.786. The third-order valence-corrected chi connectivity index (χ3v) is 5.87. The van der Waals surface area contributed by atoms with Gasteiger partial charge in [0.25, 0.3) is 0 Å². The number of ether oxygens (including phenoxy) is 2. The van der Waals surface area contributed by atoms with Gasteiger partial charge in [-0.1, -0.05) is 24.0 Å². The summed E-state index contributed by atoms with van der Waals surface area (Å²) in [7, 11) is 0. The summed E-state index contributed by atoms with van der Waals surface area (Å²) in [6.07, 6.45) is 9.08. The second-order valence-electron chi connectivity index (χ2n) is 8.43. The molecule has 2 aromatic heterocycles. The van der Waals surface area contributed by atoms with Crippen molar-refractivity contribution in [3.63, 3.8) is 0 Å². The number of aromatic nitrogens is 3. The fourth-order valence-electron chi connectivity index (χ4n) is 3.70. The third-order valence-electron chi connectivity index (χ3n) is 5.87. The van der Waals surface area contributed by atoms with Gasteiger partial charge in [0, 0.05) is 42.3 Å². The number of nitrogens with two attached hydrogens (primary N) is 1. The SMILES string of the molecule is Nc1ncc(-c2cnn(C3CCOCC3)c2)cc1OCc1cccc(C#CC2(O)CC2)c1. The van der Waals surface area contributed by atoms with Gasteiger partial charge < -0.3 is 20.3 Å². The lowest BCUT2D eigenvalue weighted by Gasteiger charge is -2.22. The van der Waals surface area contributed by atoms with Crippen molar-refractivity contribution in [3.8, 4) is 28.7 Å². The molecule has 7 nitrogen and oxygen atoms in total. The van der Waals surface area contributed by atoms with Gasteiger partial charge in [0.15, 0.2) is 11.6 Å². The Kier molecular flexibility index (Phi) is 5.56. The quantitative estimate of drug-likeness (QED) is 0.603. The first-order valence-corrected chi connectivity index (χ1v) is 10.9. The summed E-state index contributed by atoms with van der Waals surface area (Å²) in [4.78, 5) is 4.32. The molecule has 2 fully saturated rings. The molecule has 1 saturated carbocycles. The molecule has 0 atom stereocenters. The fraction of sp³-hybridized carbons (Fsp3) is 0.360. The second-order valence-corrected chi connectivity index (χ2v) is 8.43. The van der Waals surface area contributed by atoms with Crippen LogP contribution in [0.25, 0.3) is 11.1 Å². The first-order valence-electron chi connectivity index (χ1n) is 10.9. The van der Waals surface area contributed by atoms with Crippen LogP contribution in [-0.2, 0) is 11.3 Å². The van der Waals surface area contributed by atoms with Gasteiger partial charge in [-0.05, 0) is 49.4 Å². The molecule has 7 heteroatoms. The zero-order chi connectivity index (χ0) is 22.0. The van der Waals surface area contributed by atoms with Crippen molar-refractivity contribution in [1.29, 1.82) is 0 Å². The minimum absolute atomic E-state index is 0.344. The van der Waals surface area contributed by atoms with Crippen LogP contribution in [0.1, 0.15) is 42.9 Å². The molecule has 1 aromatic carbocycles. The summed E-state index contributed by atoms with van der Waals surface area (Å²) in [6, 6.07) is 10.1. The van der Waals surface area contributed by atoms with E-state index in [1.165, 1.54) is 0 Å². The lowest BCUT2D eigenvalue weighted by Crippen LogP contribution is -2.19. The van der Waals surface area contributed by atoms with E-state index in [-0.39, 0.29) is 0 Å². The number of hydrogen-bond acceptors (Lipinski definition) is 6. The molecule has 0 unspecified atom stereocenters. The van der Waals surface area contributed by atoms with E-state index in [0.717, 1.165) is 61.2 Å². The minimum Gasteiger partial charge on any atom is -0.485 e.